The van der Waals surface area contributed by atoms with Crippen LogP contribution in [-0.2, 0) is 0 Å². The van der Waals surface area contributed by atoms with Gasteiger partial charge in [-0.25, -0.2) is 0 Å². The van der Waals surface area contributed by atoms with Crippen molar-refractivity contribution < 1.29 is 9.53 Å². The van der Waals surface area contributed by atoms with E-state index in [0.717, 1.165) is 11.3 Å². The van der Waals surface area contributed by atoms with Gasteiger partial charge in [-0.15, -0.1) is 0 Å². The first kappa shape index (κ1) is 10.8. The van der Waals surface area contributed by atoms with Gasteiger partial charge in [0, 0.05) is 5.56 Å². The topological polar surface area (TPSA) is 26.3 Å². The zero-order valence-electron chi connectivity index (χ0n) is 10.3. The van der Waals surface area contributed by atoms with Crippen molar-refractivity contribution in [1.82, 2.24) is 0 Å². The van der Waals surface area contributed by atoms with E-state index in [1.54, 1.807) is 0 Å². The van der Waals surface area contributed by atoms with E-state index in [0.29, 0.717) is 5.92 Å². The molecule has 2 heteroatoms. The average Bonchev–Trinajstić information content (AvgIpc) is 2.72. The van der Waals surface area contributed by atoms with Crippen LogP contribution in [0.5, 0.6) is 5.75 Å². The predicted molar refractivity (Wildman–Crippen MR) is 66.8 cm³/mol. The second-order valence-corrected chi connectivity index (χ2v) is 5.22. The third kappa shape index (κ3) is 1.76. The van der Waals surface area contributed by atoms with Crippen molar-refractivity contribution in [3.63, 3.8) is 0 Å². The lowest BCUT2D eigenvalue weighted by Gasteiger charge is -2.25. The van der Waals surface area contributed by atoms with E-state index >= 15 is 0 Å². The van der Waals surface area contributed by atoms with E-state index < -0.39 is 0 Å². The summed E-state index contributed by atoms with van der Waals surface area (Å²) in [7, 11) is 0. The lowest BCUT2D eigenvalue weighted by molar-refractivity contribution is 0.0961. The number of aryl methyl sites for hydroxylation is 1. The number of carbonyl (C=O) groups excluding carboxylic acids is 1. The largest absolute Gasteiger partial charge is 0.484 e. The highest BCUT2D eigenvalue weighted by atomic mass is 16.5. The summed E-state index contributed by atoms with van der Waals surface area (Å²) in [5.74, 6) is 1.63. The van der Waals surface area contributed by atoms with E-state index in [-0.39, 0.29) is 12.4 Å². The number of hydrogen-bond acceptors (Lipinski definition) is 2. The fraction of sp³-hybridized carbons (Fsp3) is 0.533. The predicted octanol–water partition coefficient (Wildman–Crippen LogP) is 3.62. The molecule has 0 atom stereocenters. The van der Waals surface area contributed by atoms with Gasteiger partial charge in [0.05, 0.1) is 5.56 Å². The summed E-state index contributed by atoms with van der Waals surface area (Å²) >= 11 is 0. The van der Waals surface area contributed by atoms with Crippen molar-refractivity contribution in [3.05, 3.63) is 28.8 Å². The molecule has 2 aliphatic rings. The SMILES string of the molecule is Cc1ccc2c(c1C1CCCCC1)OCC2=O. The maximum Gasteiger partial charge on any atom is 0.203 e. The molecule has 0 N–H and O–H groups in total. The first-order valence-corrected chi connectivity index (χ1v) is 6.57. The highest BCUT2D eigenvalue weighted by Crippen LogP contribution is 2.42. The molecule has 1 aliphatic heterocycles. The molecule has 0 aromatic heterocycles. The number of carbonyl (C=O) groups is 1. The monoisotopic (exact) mass is 230 g/mol. The average molecular weight is 230 g/mol. The molecule has 1 heterocycles. The molecule has 0 amide bonds. The van der Waals surface area contributed by atoms with Crippen LogP contribution in [0, 0.1) is 6.92 Å². The third-order valence-corrected chi connectivity index (χ3v) is 4.08. The summed E-state index contributed by atoms with van der Waals surface area (Å²) in [5, 5.41) is 0. The van der Waals surface area contributed by atoms with Gasteiger partial charge in [-0.1, -0.05) is 25.3 Å². The highest BCUT2D eigenvalue weighted by molar-refractivity contribution is 6.02. The second kappa shape index (κ2) is 4.17. The molecule has 0 unspecified atom stereocenters. The standard InChI is InChI=1S/C15H18O2/c1-10-7-8-12-13(16)9-17-15(12)14(10)11-5-3-2-4-6-11/h7-8,11H,2-6,9H2,1H3. The number of ketones is 1. The van der Waals surface area contributed by atoms with Gasteiger partial charge in [0.1, 0.15) is 5.75 Å². The van der Waals surface area contributed by atoms with Crippen molar-refractivity contribution >= 4 is 5.78 Å². The first-order chi connectivity index (χ1) is 8.27. The summed E-state index contributed by atoms with van der Waals surface area (Å²) in [5.41, 5.74) is 3.40. The van der Waals surface area contributed by atoms with Crippen molar-refractivity contribution in [2.24, 2.45) is 0 Å². The molecular formula is C15H18O2. The first-order valence-electron chi connectivity index (χ1n) is 6.57. The molecule has 1 saturated carbocycles. The fourth-order valence-electron chi connectivity index (χ4n) is 3.19. The van der Waals surface area contributed by atoms with Crippen LogP contribution in [0.3, 0.4) is 0 Å². The number of Topliss-reactive ketones (excluding diaryl/α,β-unsaturated/α-hetero) is 1. The lowest BCUT2D eigenvalue weighted by Crippen LogP contribution is -2.07. The molecule has 90 valence electrons. The van der Waals surface area contributed by atoms with Gasteiger partial charge in [-0.2, -0.15) is 0 Å². The van der Waals surface area contributed by atoms with E-state index in [4.69, 9.17) is 4.74 Å². The molecule has 0 radical (unpaired) electrons. The fourth-order valence-corrected chi connectivity index (χ4v) is 3.19. The molecule has 0 spiro atoms. The van der Waals surface area contributed by atoms with Gasteiger partial charge in [0.15, 0.2) is 6.61 Å². The smallest absolute Gasteiger partial charge is 0.203 e. The number of ether oxygens (including phenoxy) is 1. The van der Waals surface area contributed by atoms with Gasteiger partial charge in [0.2, 0.25) is 5.78 Å². The molecule has 0 saturated heterocycles. The normalized spacial score (nSPS) is 20.2. The zero-order valence-corrected chi connectivity index (χ0v) is 10.3. The number of fused-ring (bicyclic) bond motifs is 1. The molecule has 1 aromatic rings. The van der Waals surface area contributed by atoms with Gasteiger partial charge < -0.3 is 4.74 Å². The Kier molecular flexibility index (Phi) is 2.65. The van der Waals surface area contributed by atoms with Crippen molar-refractivity contribution in [1.29, 1.82) is 0 Å². The van der Waals surface area contributed by atoms with E-state index in [1.807, 2.05) is 6.07 Å². The van der Waals surface area contributed by atoms with Crippen LogP contribution in [0.25, 0.3) is 0 Å². The van der Waals surface area contributed by atoms with E-state index in [9.17, 15) is 4.79 Å². The van der Waals surface area contributed by atoms with Gasteiger partial charge in [0.25, 0.3) is 0 Å². The Morgan fingerprint density at radius 3 is 2.71 bits per heavy atom. The van der Waals surface area contributed by atoms with E-state index in [1.165, 1.54) is 43.2 Å². The van der Waals surface area contributed by atoms with Crippen LogP contribution < -0.4 is 4.74 Å². The minimum absolute atomic E-state index is 0.136. The number of hydrogen-bond donors (Lipinski definition) is 0. The quantitative estimate of drug-likeness (QED) is 0.736. The summed E-state index contributed by atoms with van der Waals surface area (Å²) < 4.78 is 5.63. The van der Waals surface area contributed by atoms with Crippen molar-refractivity contribution in [2.45, 2.75) is 44.9 Å². The van der Waals surface area contributed by atoms with Crippen molar-refractivity contribution in [2.75, 3.05) is 6.61 Å². The maximum absolute atomic E-state index is 11.7. The number of benzene rings is 1. The number of rotatable bonds is 1. The summed E-state index contributed by atoms with van der Waals surface area (Å²) in [6.07, 6.45) is 6.46. The Labute approximate surface area is 102 Å². The molecule has 1 aromatic carbocycles. The lowest BCUT2D eigenvalue weighted by atomic mass is 9.81. The van der Waals surface area contributed by atoms with E-state index in [2.05, 4.69) is 13.0 Å². The van der Waals surface area contributed by atoms with Gasteiger partial charge >= 0.3 is 0 Å². The minimum atomic E-state index is 0.136. The Hall–Kier alpha value is -1.31. The molecule has 1 aliphatic carbocycles. The highest BCUT2D eigenvalue weighted by Gasteiger charge is 2.29. The van der Waals surface area contributed by atoms with Crippen LogP contribution >= 0.6 is 0 Å². The Morgan fingerprint density at radius 1 is 1.18 bits per heavy atom. The Bertz CT molecular complexity index is 456. The van der Waals surface area contributed by atoms with Crippen LogP contribution in [0.2, 0.25) is 0 Å². The van der Waals surface area contributed by atoms with Crippen molar-refractivity contribution in [3.8, 4) is 5.75 Å². The van der Waals surface area contributed by atoms with Crippen LogP contribution in [-0.4, -0.2) is 12.4 Å². The van der Waals surface area contributed by atoms with Gasteiger partial charge in [-0.05, 0) is 37.3 Å². The molecule has 1 fully saturated rings. The zero-order chi connectivity index (χ0) is 11.8. The summed E-state index contributed by atoms with van der Waals surface area (Å²) in [4.78, 5) is 11.7. The molecular weight excluding hydrogens is 212 g/mol. The van der Waals surface area contributed by atoms with Gasteiger partial charge in [-0.3, -0.25) is 4.79 Å². The Morgan fingerprint density at radius 2 is 1.94 bits per heavy atom. The summed E-state index contributed by atoms with van der Waals surface area (Å²) in [6, 6.07) is 4.00. The molecule has 3 rings (SSSR count). The third-order valence-electron chi connectivity index (χ3n) is 4.08. The van der Waals surface area contributed by atoms with Crippen LogP contribution in [0.15, 0.2) is 12.1 Å². The minimum Gasteiger partial charge on any atom is -0.484 e. The molecule has 17 heavy (non-hydrogen) atoms. The van der Waals surface area contributed by atoms with Crippen LogP contribution in [0.1, 0.15) is 59.5 Å². The van der Waals surface area contributed by atoms with Crippen LogP contribution in [0.4, 0.5) is 0 Å². The Balaban J connectivity index is 2.06. The second-order valence-electron chi connectivity index (χ2n) is 5.22. The maximum atomic E-state index is 11.7. The molecule has 2 nitrogen and oxygen atoms in total. The molecule has 0 bridgehead atoms. The summed E-state index contributed by atoms with van der Waals surface area (Å²) in [6.45, 7) is 2.37.